The van der Waals surface area contributed by atoms with Crippen LogP contribution >= 0.6 is 11.8 Å². The molecule has 0 saturated carbocycles. The highest BCUT2D eigenvalue weighted by Gasteiger charge is 2.40. The number of piperidine rings is 1. The topological polar surface area (TPSA) is 69.6 Å². The van der Waals surface area contributed by atoms with Crippen LogP contribution in [0.2, 0.25) is 0 Å². The number of amides is 1. The molecule has 0 aliphatic carbocycles. The van der Waals surface area contributed by atoms with E-state index in [1.54, 1.807) is 16.7 Å². The molecule has 2 aliphatic heterocycles. The van der Waals surface area contributed by atoms with E-state index in [1.807, 2.05) is 0 Å². The largest absolute Gasteiger partial charge is 0.480 e. The maximum absolute atomic E-state index is 12.5. The molecule has 2 saturated heterocycles. The highest BCUT2D eigenvalue weighted by atomic mass is 32.2. The van der Waals surface area contributed by atoms with Gasteiger partial charge in [0.1, 0.15) is 6.04 Å². The van der Waals surface area contributed by atoms with Crippen molar-refractivity contribution in [3.05, 3.63) is 0 Å². The molecule has 0 radical (unpaired) electrons. The predicted octanol–water partition coefficient (Wildman–Crippen LogP) is 1.92. The first kappa shape index (κ1) is 16.6. The first-order valence-electron chi connectivity index (χ1n) is 7.99. The molecule has 0 aromatic rings. The first-order chi connectivity index (χ1) is 10.1. The summed E-state index contributed by atoms with van der Waals surface area (Å²) < 4.78 is 0. The van der Waals surface area contributed by atoms with Crippen LogP contribution in [0.3, 0.4) is 0 Å². The molecule has 21 heavy (non-hydrogen) atoms. The molecule has 0 aromatic carbocycles. The molecule has 2 aliphatic rings. The molecule has 0 aromatic heterocycles. The summed E-state index contributed by atoms with van der Waals surface area (Å²) in [5.74, 6) is 0.304. The van der Waals surface area contributed by atoms with Crippen molar-refractivity contribution in [3.8, 4) is 0 Å². The van der Waals surface area contributed by atoms with Gasteiger partial charge in [-0.25, -0.2) is 4.79 Å². The molecular formula is C15H26N2O3S. The summed E-state index contributed by atoms with van der Waals surface area (Å²) in [7, 11) is 0. The van der Waals surface area contributed by atoms with Crippen LogP contribution in [0.25, 0.3) is 0 Å². The third-order valence-electron chi connectivity index (χ3n) is 4.43. The van der Waals surface area contributed by atoms with Crippen molar-refractivity contribution in [1.29, 1.82) is 0 Å². The summed E-state index contributed by atoms with van der Waals surface area (Å²) in [6.07, 6.45) is 5.50. The van der Waals surface area contributed by atoms with E-state index in [2.05, 4.69) is 12.2 Å². The molecule has 5 nitrogen and oxygen atoms in total. The summed E-state index contributed by atoms with van der Waals surface area (Å²) in [6.45, 7) is 4.15. The Balaban J connectivity index is 1.91. The number of hydrogen-bond donors (Lipinski definition) is 2. The second-order valence-electron chi connectivity index (χ2n) is 5.96. The van der Waals surface area contributed by atoms with E-state index in [0.29, 0.717) is 18.1 Å². The number of carbonyl (C=O) groups is 2. The predicted molar refractivity (Wildman–Crippen MR) is 84.3 cm³/mol. The van der Waals surface area contributed by atoms with Gasteiger partial charge in [0.2, 0.25) is 5.91 Å². The number of carboxylic acids is 1. The second-order valence-corrected chi connectivity index (χ2v) is 7.17. The van der Waals surface area contributed by atoms with Crippen molar-refractivity contribution < 1.29 is 14.7 Å². The Kier molecular flexibility index (Phi) is 6.36. The number of thioether (sulfide) groups is 1. The zero-order chi connectivity index (χ0) is 15.2. The number of rotatable bonds is 6. The number of aliphatic carboxylic acids is 1. The molecule has 2 N–H and O–H groups in total. The van der Waals surface area contributed by atoms with E-state index < -0.39 is 12.0 Å². The Labute approximate surface area is 130 Å². The van der Waals surface area contributed by atoms with Crippen LogP contribution in [-0.4, -0.2) is 52.1 Å². The van der Waals surface area contributed by atoms with Crippen molar-refractivity contribution in [2.45, 2.75) is 56.9 Å². The monoisotopic (exact) mass is 314 g/mol. The molecule has 6 heteroatoms. The highest BCUT2D eigenvalue weighted by molar-refractivity contribution is 8.00. The van der Waals surface area contributed by atoms with Crippen LogP contribution in [0.4, 0.5) is 0 Å². The Morgan fingerprint density at radius 1 is 1.29 bits per heavy atom. The minimum absolute atomic E-state index is 0.0318. The van der Waals surface area contributed by atoms with Crippen molar-refractivity contribution >= 4 is 23.6 Å². The number of nitrogens with one attached hydrogen (secondary N) is 1. The number of hydrogen-bond acceptors (Lipinski definition) is 4. The summed E-state index contributed by atoms with van der Waals surface area (Å²) in [5, 5.41) is 12.7. The third-order valence-corrected chi connectivity index (χ3v) is 5.78. The van der Waals surface area contributed by atoms with Gasteiger partial charge in [-0.2, -0.15) is 0 Å². The average Bonchev–Trinajstić information content (AvgIpc) is 2.90. The second kappa shape index (κ2) is 8.03. The van der Waals surface area contributed by atoms with Crippen LogP contribution < -0.4 is 5.32 Å². The van der Waals surface area contributed by atoms with Crippen LogP contribution in [0, 0.1) is 5.92 Å². The average molecular weight is 314 g/mol. The van der Waals surface area contributed by atoms with Crippen molar-refractivity contribution in [2.24, 2.45) is 5.92 Å². The van der Waals surface area contributed by atoms with Crippen LogP contribution in [-0.2, 0) is 9.59 Å². The molecular weight excluding hydrogens is 288 g/mol. The summed E-state index contributed by atoms with van der Waals surface area (Å²) in [5.41, 5.74) is 0. The van der Waals surface area contributed by atoms with Crippen molar-refractivity contribution in [3.63, 3.8) is 0 Å². The Morgan fingerprint density at radius 3 is 2.62 bits per heavy atom. The van der Waals surface area contributed by atoms with Gasteiger partial charge in [0.25, 0.3) is 0 Å². The first-order valence-corrected chi connectivity index (χ1v) is 9.04. The van der Waals surface area contributed by atoms with Crippen molar-refractivity contribution in [2.75, 3.05) is 18.8 Å². The Morgan fingerprint density at radius 2 is 2.00 bits per heavy atom. The van der Waals surface area contributed by atoms with Crippen LogP contribution in [0.1, 0.15) is 45.4 Å². The fraction of sp³-hybridized carbons (Fsp3) is 0.867. The molecule has 2 fully saturated rings. The van der Waals surface area contributed by atoms with E-state index >= 15 is 0 Å². The number of carboxylic acid groups (broad SMARTS) is 1. The van der Waals surface area contributed by atoms with Gasteiger partial charge < -0.3 is 15.3 Å². The van der Waals surface area contributed by atoms with E-state index in [-0.39, 0.29) is 11.3 Å². The van der Waals surface area contributed by atoms with Gasteiger partial charge in [0.05, 0.1) is 5.37 Å². The van der Waals surface area contributed by atoms with Gasteiger partial charge in [-0.3, -0.25) is 4.79 Å². The number of carbonyl (C=O) groups excluding carboxylic acids is 1. The summed E-state index contributed by atoms with van der Waals surface area (Å²) in [4.78, 5) is 25.5. The minimum atomic E-state index is -0.865. The van der Waals surface area contributed by atoms with E-state index in [9.17, 15) is 14.7 Å². The third kappa shape index (κ3) is 4.36. The molecule has 0 bridgehead atoms. The molecule has 2 rings (SSSR count). The fourth-order valence-corrected chi connectivity index (χ4v) is 4.72. The minimum Gasteiger partial charge on any atom is -0.480 e. The maximum Gasteiger partial charge on any atom is 0.327 e. The van der Waals surface area contributed by atoms with Gasteiger partial charge >= 0.3 is 5.97 Å². The van der Waals surface area contributed by atoms with Crippen molar-refractivity contribution in [1.82, 2.24) is 10.2 Å². The molecule has 0 spiro atoms. The van der Waals surface area contributed by atoms with Gasteiger partial charge in [0.15, 0.2) is 0 Å². The van der Waals surface area contributed by atoms with Crippen LogP contribution in [0.15, 0.2) is 0 Å². The quantitative estimate of drug-likeness (QED) is 0.784. The molecule has 2 heterocycles. The van der Waals surface area contributed by atoms with Crippen LogP contribution in [0.5, 0.6) is 0 Å². The van der Waals surface area contributed by atoms with Gasteiger partial charge in [0, 0.05) is 12.2 Å². The summed E-state index contributed by atoms with van der Waals surface area (Å²) in [6, 6.07) is -0.632. The molecule has 120 valence electrons. The lowest BCUT2D eigenvalue weighted by atomic mass is 9.93. The smallest absolute Gasteiger partial charge is 0.327 e. The Hall–Kier alpha value is -0.750. The van der Waals surface area contributed by atoms with Gasteiger partial charge in [-0.15, -0.1) is 11.8 Å². The standard InChI is InChI=1S/C15H26N2O3S/c1-2-3-14-17(12(10-21-14)15(19)20)13(18)5-4-11-6-8-16-9-7-11/h11-12,14,16H,2-10H2,1H3,(H,19,20). The van der Waals surface area contributed by atoms with Gasteiger partial charge in [-0.1, -0.05) is 13.3 Å². The Bertz CT molecular complexity index is 372. The SMILES string of the molecule is CCCC1SCC(C(=O)O)N1C(=O)CCC1CCNCC1. The van der Waals surface area contributed by atoms with Gasteiger partial charge in [-0.05, 0) is 44.7 Å². The maximum atomic E-state index is 12.5. The molecule has 2 unspecified atom stereocenters. The van der Waals surface area contributed by atoms with E-state index in [1.165, 1.54) is 0 Å². The lowest BCUT2D eigenvalue weighted by Crippen LogP contribution is -2.45. The zero-order valence-corrected chi connectivity index (χ0v) is 13.5. The summed E-state index contributed by atoms with van der Waals surface area (Å²) >= 11 is 1.62. The zero-order valence-electron chi connectivity index (χ0n) is 12.7. The normalized spacial score (nSPS) is 27.0. The number of nitrogens with zero attached hydrogens (tertiary/aromatic N) is 1. The molecule has 2 atom stereocenters. The van der Waals surface area contributed by atoms with E-state index in [4.69, 9.17) is 0 Å². The highest BCUT2D eigenvalue weighted by Crippen LogP contribution is 2.33. The lowest BCUT2D eigenvalue weighted by molar-refractivity contribution is -0.149. The van der Waals surface area contributed by atoms with E-state index in [0.717, 1.165) is 45.2 Å². The lowest BCUT2D eigenvalue weighted by Gasteiger charge is -2.28. The molecule has 1 amide bonds. The fourth-order valence-electron chi connectivity index (χ4n) is 3.18.